The van der Waals surface area contributed by atoms with Gasteiger partial charge >= 0.3 is 11.9 Å². The molecule has 2 atom stereocenters. The molecule has 0 aliphatic carbocycles. The number of nitrogens with two attached hydrogens (primary N) is 2. The number of ether oxygens (including phenoxy) is 2. The van der Waals surface area contributed by atoms with Gasteiger partial charge in [0.2, 0.25) is 0 Å². The molecule has 2 aromatic carbocycles. The molecule has 2 aromatic rings. The molecule has 0 bridgehead atoms. The summed E-state index contributed by atoms with van der Waals surface area (Å²) in [5.41, 5.74) is 5.97. The van der Waals surface area contributed by atoms with Crippen molar-refractivity contribution in [3.63, 3.8) is 0 Å². The van der Waals surface area contributed by atoms with E-state index in [1.54, 1.807) is 12.1 Å². The summed E-state index contributed by atoms with van der Waals surface area (Å²) in [4.78, 5) is 41.0. The Balaban J connectivity index is 0.000000517. The molecule has 0 heterocycles. The molecule has 2 amide bonds. The summed E-state index contributed by atoms with van der Waals surface area (Å²) in [6, 6.07) is 14.9. The van der Waals surface area contributed by atoms with Gasteiger partial charge in [0.25, 0.3) is 11.8 Å². The van der Waals surface area contributed by atoms with Crippen LogP contribution in [0.3, 0.4) is 0 Å². The second kappa shape index (κ2) is 17.2. The number of hydrogen-bond acceptors (Lipinski definition) is 10. The van der Waals surface area contributed by atoms with Crippen molar-refractivity contribution in [1.29, 1.82) is 0 Å². The Kier molecular flexibility index (Phi) is 15.2. The van der Waals surface area contributed by atoms with Gasteiger partial charge in [-0.1, -0.05) is 36.4 Å². The summed E-state index contributed by atoms with van der Waals surface area (Å²) in [6.45, 7) is 3.72. The SMILES string of the molecule is Cc1ccccc1OCC(=O)NN.Cc1ccccc1OCC(=O)NN.O=C(O)C(O)C(O)C(=O)O. The lowest BCUT2D eigenvalue weighted by molar-refractivity contribution is -0.165. The zero-order chi connectivity index (χ0) is 27.7. The van der Waals surface area contributed by atoms with E-state index in [-0.39, 0.29) is 25.0 Å². The molecule has 36 heavy (non-hydrogen) atoms. The second-order valence-electron chi connectivity index (χ2n) is 6.81. The number of aryl methyl sites for hydroxylation is 2. The predicted octanol–water partition coefficient (Wildman–Crippen LogP) is -1.40. The first-order valence-corrected chi connectivity index (χ1v) is 10.1. The Labute approximate surface area is 206 Å². The summed E-state index contributed by atoms with van der Waals surface area (Å²) >= 11 is 0. The maximum absolute atomic E-state index is 10.7. The number of nitrogens with one attached hydrogen (secondary N) is 2. The van der Waals surface area contributed by atoms with Crippen LogP contribution in [0.25, 0.3) is 0 Å². The van der Waals surface area contributed by atoms with E-state index in [2.05, 4.69) is 0 Å². The van der Waals surface area contributed by atoms with Crippen molar-refractivity contribution < 1.29 is 49.1 Å². The third kappa shape index (κ3) is 12.9. The monoisotopic (exact) mass is 510 g/mol. The number of carboxylic acid groups (broad SMARTS) is 2. The van der Waals surface area contributed by atoms with Gasteiger partial charge < -0.3 is 29.9 Å². The summed E-state index contributed by atoms with van der Waals surface area (Å²) < 4.78 is 10.4. The maximum atomic E-state index is 10.7. The standard InChI is InChI=1S/2C9H12N2O2.C4H6O6/c2*1-7-4-2-3-5-8(7)13-6-9(12)11-10;5-1(3(7)8)2(6)4(9)10/h2*2-5H,6,10H2,1H3,(H,11,12);1-2,5-6H,(H,7,8)(H,9,10). The highest BCUT2D eigenvalue weighted by atomic mass is 16.5. The molecule has 0 aliphatic rings. The summed E-state index contributed by atoms with van der Waals surface area (Å²) in [5, 5.41) is 32.5. The van der Waals surface area contributed by atoms with Crippen molar-refractivity contribution in [2.45, 2.75) is 26.1 Å². The van der Waals surface area contributed by atoms with Crippen LogP contribution in [-0.4, -0.2) is 69.6 Å². The molecule has 0 fully saturated rings. The first-order valence-electron chi connectivity index (χ1n) is 10.1. The number of amides is 2. The fraction of sp³-hybridized carbons (Fsp3) is 0.273. The molecule has 0 spiro atoms. The summed E-state index contributed by atoms with van der Waals surface area (Å²) in [6.07, 6.45) is -4.53. The molecule has 14 heteroatoms. The number of benzene rings is 2. The van der Waals surface area contributed by atoms with Gasteiger partial charge in [-0.25, -0.2) is 21.3 Å². The number of aliphatic hydroxyl groups excluding tert-OH is 2. The number of para-hydroxylation sites is 2. The number of aliphatic carboxylic acids is 2. The Morgan fingerprint density at radius 3 is 1.28 bits per heavy atom. The normalized spacial score (nSPS) is 11.2. The summed E-state index contributed by atoms with van der Waals surface area (Å²) in [7, 11) is 0. The molecular formula is C22H30N4O10. The number of aliphatic hydroxyl groups is 2. The number of hydrazine groups is 2. The van der Waals surface area contributed by atoms with E-state index >= 15 is 0 Å². The Morgan fingerprint density at radius 1 is 0.722 bits per heavy atom. The number of carbonyl (C=O) groups is 4. The molecule has 0 saturated carbocycles. The fourth-order valence-corrected chi connectivity index (χ4v) is 2.08. The third-order valence-electron chi connectivity index (χ3n) is 4.03. The number of carboxylic acids is 2. The van der Waals surface area contributed by atoms with E-state index in [9.17, 15) is 19.2 Å². The Hall–Kier alpha value is -4.24. The largest absolute Gasteiger partial charge is 0.483 e. The van der Waals surface area contributed by atoms with Gasteiger partial charge in [-0.3, -0.25) is 20.4 Å². The van der Waals surface area contributed by atoms with Gasteiger partial charge in [0.05, 0.1) is 0 Å². The van der Waals surface area contributed by atoms with Crippen molar-refractivity contribution in [2.75, 3.05) is 13.2 Å². The molecule has 0 aromatic heterocycles. The first kappa shape index (κ1) is 31.8. The van der Waals surface area contributed by atoms with E-state index in [1.165, 1.54) is 0 Å². The van der Waals surface area contributed by atoms with Gasteiger partial charge in [-0.05, 0) is 37.1 Å². The highest BCUT2D eigenvalue weighted by Crippen LogP contribution is 2.16. The van der Waals surface area contributed by atoms with Crippen LogP contribution in [0, 0.1) is 13.8 Å². The Morgan fingerprint density at radius 2 is 1.03 bits per heavy atom. The zero-order valence-corrected chi connectivity index (χ0v) is 19.6. The molecule has 2 rings (SSSR count). The zero-order valence-electron chi connectivity index (χ0n) is 19.6. The minimum absolute atomic E-state index is 0.0542. The van der Waals surface area contributed by atoms with Crippen LogP contribution in [0.2, 0.25) is 0 Å². The van der Waals surface area contributed by atoms with Gasteiger partial charge in [0.15, 0.2) is 25.4 Å². The smallest absolute Gasteiger partial charge is 0.335 e. The average Bonchev–Trinajstić information content (AvgIpc) is 2.87. The van der Waals surface area contributed by atoms with Crippen LogP contribution in [0.5, 0.6) is 11.5 Å². The number of hydrogen-bond donors (Lipinski definition) is 8. The molecule has 0 radical (unpaired) electrons. The topological polar surface area (TPSA) is 244 Å². The minimum Gasteiger partial charge on any atom is -0.483 e. The molecule has 198 valence electrons. The molecular weight excluding hydrogens is 480 g/mol. The van der Waals surface area contributed by atoms with E-state index in [4.69, 9.17) is 41.6 Å². The van der Waals surface area contributed by atoms with Crippen molar-refractivity contribution in [2.24, 2.45) is 11.7 Å². The molecule has 2 unspecified atom stereocenters. The molecule has 14 nitrogen and oxygen atoms in total. The highest BCUT2D eigenvalue weighted by Gasteiger charge is 2.29. The van der Waals surface area contributed by atoms with Crippen LogP contribution >= 0.6 is 0 Å². The average molecular weight is 511 g/mol. The van der Waals surface area contributed by atoms with Crippen molar-refractivity contribution in [1.82, 2.24) is 10.9 Å². The quantitative estimate of drug-likeness (QED) is 0.110. The second-order valence-corrected chi connectivity index (χ2v) is 6.81. The fourth-order valence-electron chi connectivity index (χ4n) is 2.08. The van der Waals surface area contributed by atoms with Gasteiger partial charge in [-0.15, -0.1) is 0 Å². The van der Waals surface area contributed by atoms with E-state index in [0.717, 1.165) is 11.1 Å². The number of rotatable bonds is 9. The van der Waals surface area contributed by atoms with Crippen LogP contribution in [0.4, 0.5) is 0 Å². The molecule has 0 aliphatic heterocycles. The van der Waals surface area contributed by atoms with Crippen LogP contribution < -0.4 is 32.0 Å². The van der Waals surface area contributed by atoms with E-state index in [1.807, 2.05) is 61.1 Å². The molecule has 10 N–H and O–H groups in total. The highest BCUT2D eigenvalue weighted by molar-refractivity contribution is 5.83. The lowest BCUT2D eigenvalue weighted by Gasteiger charge is -2.07. The van der Waals surface area contributed by atoms with Crippen molar-refractivity contribution in [3.8, 4) is 11.5 Å². The van der Waals surface area contributed by atoms with Gasteiger partial charge in [-0.2, -0.15) is 0 Å². The van der Waals surface area contributed by atoms with Gasteiger partial charge in [0.1, 0.15) is 11.5 Å². The van der Waals surface area contributed by atoms with E-state index in [0.29, 0.717) is 11.5 Å². The van der Waals surface area contributed by atoms with Gasteiger partial charge in [0, 0.05) is 0 Å². The first-order chi connectivity index (χ1) is 16.9. The Bertz CT molecular complexity index is 923. The molecule has 0 saturated heterocycles. The van der Waals surface area contributed by atoms with Crippen molar-refractivity contribution in [3.05, 3.63) is 59.7 Å². The van der Waals surface area contributed by atoms with Crippen molar-refractivity contribution >= 4 is 23.8 Å². The van der Waals surface area contributed by atoms with Crippen LogP contribution in [-0.2, 0) is 19.2 Å². The lowest BCUT2D eigenvalue weighted by atomic mass is 10.2. The third-order valence-corrected chi connectivity index (χ3v) is 4.03. The number of carbonyl (C=O) groups excluding carboxylic acids is 2. The minimum atomic E-state index is -2.27. The summed E-state index contributed by atoms with van der Waals surface area (Å²) in [5.74, 6) is 6.96. The predicted molar refractivity (Wildman–Crippen MR) is 125 cm³/mol. The van der Waals surface area contributed by atoms with E-state index < -0.39 is 24.1 Å². The lowest BCUT2D eigenvalue weighted by Crippen LogP contribution is -2.39. The maximum Gasteiger partial charge on any atom is 0.335 e. The van der Waals surface area contributed by atoms with Crippen LogP contribution in [0.15, 0.2) is 48.5 Å². The van der Waals surface area contributed by atoms with Crippen LogP contribution in [0.1, 0.15) is 11.1 Å².